The summed E-state index contributed by atoms with van der Waals surface area (Å²) in [5.41, 5.74) is 0.738. The van der Waals surface area contributed by atoms with E-state index in [1.54, 1.807) is 10.7 Å². The Morgan fingerprint density at radius 1 is 1.33 bits per heavy atom. The minimum atomic E-state index is -0.0713. The quantitative estimate of drug-likeness (QED) is 0.727. The Morgan fingerprint density at radius 2 is 2.12 bits per heavy atom. The van der Waals surface area contributed by atoms with Gasteiger partial charge in [0.05, 0.1) is 18.3 Å². The van der Waals surface area contributed by atoms with Gasteiger partial charge < -0.3 is 9.84 Å². The number of benzene rings is 1. The SMILES string of the molecule is CNC(C)Cc1noc(CCn2ncc(=O)c3ccccc32)n1.Cl. The first-order valence-corrected chi connectivity index (χ1v) is 7.61. The van der Waals surface area contributed by atoms with Crippen LogP contribution in [0.1, 0.15) is 18.6 Å². The summed E-state index contributed by atoms with van der Waals surface area (Å²) in [5.74, 6) is 1.27. The summed E-state index contributed by atoms with van der Waals surface area (Å²) in [4.78, 5) is 16.2. The van der Waals surface area contributed by atoms with Crippen molar-refractivity contribution in [3.8, 4) is 0 Å². The third kappa shape index (κ3) is 3.98. The predicted molar refractivity (Wildman–Crippen MR) is 93.5 cm³/mol. The van der Waals surface area contributed by atoms with E-state index in [1.807, 2.05) is 25.2 Å². The third-order valence-corrected chi connectivity index (χ3v) is 3.79. The lowest BCUT2D eigenvalue weighted by Crippen LogP contribution is -2.24. The number of likely N-dealkylation sites (N-methyl/N-ethyl adjacent to an activating group) is 1. The van der Waals surface area contributed by atoms with Gasteiger partial charge in [-0.3, -0.25) is 9.48 Å². The second-order valence-electron chi connectivity index (χ2n) is 5.50. The topological polar surface area (TPSA) is 85.8 Å². The number of hydrogen-bond acceptors (Lipinski definition) is 6. The van der Waals surface area contributed by atoms with Gasteiger partial charge in [-0.05, 0) is 26.1 Å². The highest BCUT2D eigenvalue weighted by Gasteiger charge is 2.10. The van der Waals surface area contributed by atoms with Crippen molar-refractivity contribution in [1.82, 2.24) is 25.2 Å². The zero-order valence-electron chi connectivity index (χ0n) is 13.6. The Hall–Kier alpha value is -2.25. The lowest BCUT2D eigenvalue weighted by molar-refractivity contribution is 0.363. The van der Waals surface area contributed by atoms with Crippen LogP contribution in [-0.4, -0.2) is 33.0 Å². The van der Waals surface area contributed by atoms with Crippen LogP contribution in [-0.2, 0) is 19.4 Å². The van der Waals surface area contributed by atoms with Gasteiger partial charge in [-0.25, -0.2) is 0 Å². The first kappa shape index (κ1) is 18.1. The molecule has 2 aromatic heterocycles. The molecule has 0 saturated carbocycles. The Bertz CT molecular complexity index is 861. The molecule has 0 amide bonds. The molecule has 0 bridgehead atoms. The maximum absolute atomic E-state index is 11.8. The molecular weight excluding hydrogens is 330 g/mol. The number of nitrogens with one attached hydrogen (secondary N) is 1. The van der Waals surface area contributed by atoms with E-state index in [4.69, 9.17) is 4.52 Å². The van der Waals surface area contributed by atoms with Gasteiger partial charge in [0.2, 0.25) is 11.3 Å². The van der Waals surface area contributed by atoms with Gasteiger partial charge in [-0.1, -0.05) is 17.3 Å². The summed E-state index contributed by atoms with van der Waals surface area (Å²) in [5, 5.41) is 12.0. The van der Waals surface area contributed by atoms with E-state index in [9.17, 15) is 4.79 Å². The van der Waals surface area contributed by atoms with E-state index in [1.165, 1.54) is 6.20 Å². The molecule has 0 spiro atoms. The van der Waals surface area contributed by atoms with E-state index in [-0.39, 0.29) is 17.8 Å². The van der Waals surface area contributed by atoms with Gasteiger partial charge in [-0.2, -0.15) is 10.1 Å². The highest BCUT2D eigenvalue weighted by molar-refractivity contribution is 5.85. The van der Waals surface area contributed by atoms with E-state index in [0.717, 1.165) is 11.9 Å². The molecule has 7 nitrogen and oxygen atoms in total. The van der Waals surface area contributed by atoms with Gasteiger partial charge in [-0.15, -0.1) is 12.4 Å². The summed E-state index contributed by atoms with van der Waals surface area (Å²) in [6.07, 6.45) is 2.64. The van der Waals surface area contributed by atoms with Crippen LogP contribution in [0.15, 0.2) is 39.8 Å². The average molecular weight is 350 g/mol. The number of fused-ring (bicyclic) bond motifs is 1. The van der Waals surface area contributed by atoms with Crippen molar-refractivity contribution in [3.05, 3.63) is 52.4 Å². The molecule has 0 saturated heterocycles. The molecule has 0 aliphatic heterocycles. The molecule has 0 aliphatic rings. The molecule has 1 unspecified atom stereocenters. The smallest absolute Gasteiger partial charge is 0.228 e. The summed E-state index contributed by atoms with van der Waals surface area (Å²) in [6.45, 7) is 2.64. The standard InChI is InChI=1S/C16H19N5O2.ClH/c1-11(17-2)9-15-19-16(23-20-15)7-8-21-13-6-4-3-5-12(13)14(22)10-18-21;/h3-6,10-11,17H,7-9H2,1-2H3;1H. The van der Waals surface area contributed by atoms with Crippen LogP contribution in [0.25, 0.3) is 10.9 Å². The highest BCUT2D eigenvalue weighted by Crippen LogP contribution is 2.09. The van der Waals surface area contributed by atoms with Crippen LogP contribution >= 0.6 is 12.4 Å². The van der Waals surface area contributed by atoms with Crippen molar-refractivity contribution >= 4 is 23.3 Å². The van der Waals surface area contributed by atoms with Gasteiger partial charge in [0, 0.05) is 24.3 Å². The number of rotatable bonds is 6. The van der Waals surface area contributed by atoms with Crippen LogP contribution in [0.5, 0.6) is 0 Å². The summed E-state index contributed by atoms with van der Waals surface area (Å²) < 4.78 is 7.06. The number of para-hydroxylation sites is 1. The molecule has 2 heterocycles. The van der Waals surface area contributed by atoms with E-state index < -0.39 is 0 Å². The van der Waals surface area contributed by atoms with Crippen molar-refractivity contribution in [2.24, 2.45) is 0 Å². The molecule has 0 fully saturated rings. The fourth-order valence-electron chi connectivity index (χ4n) is 2.39. The molecule has 24 heavy (non-hydrogen) atoms. The molecule has 1 aromatic carbocycles. The van der Waals surface area contributed by atoms with Crippen molar-refractivity contribution in [2.45, 2.75) is 32.4 Å². The molecule has 1 atom stereocenters. The van der Waals surface area contributed by atoms with Gasteiger partial charge in [0.25, 0.3) is 0 Å². The fraction of sp³-hybridized carbons (Fsp3) is 0.375. The van der Waals surface area contributed by atoms with Crippen LogP contribution in [0.2, 0.25) is 0 Å². The van der Waals surface area contributed by atoms with Crippen molar-refractivity contribution in [2.75, 3.05) is 7.05 Å². The number of aromatic nitrogens is 4. The monoisotopic (exact) mass is 349 g/mol. The molecular formula is C16H20ClN5O2. The van der Waals surface area contributed by atoms with E-state index in [0.29, 0.717) is 36.1 Å². The van der Waals surface area contributed by atoms with Crippen LogP contribution in [0.4, 0.5) is 0 Å². The molecule has 8 heteroatoms. The van der Waals surface area contributed by atoms with E-state index in [2.05, 4.69) is 27.5 Å². The van der Waals surface area contributed by atoms with Crippen molar-refractivity contribution in [1.29, 1.82) is 0 Å². The Kier molecular flexibility index (Phi) is 6.05. The zero-order valence-corrected chi connectivity index (χ0v) is 14.4. The predicted octanol–water partition coefficient (Wildman–Crippen LogP) is 1.59. The lowest BCUT2D eigenvalue weighted by atomic mass is 10.2. The van der Waals surface area contributed by atoms with Crippen LogP contribution < -0.4 is 10.7 Å². The number of halogens is 1. The largest absolute Gasteiger partial charge is 0.339 e. The molecule has 0 radical (unpaired) electrons. The third-order valence-electron chi connectivity index (χ3n) is 3.79. The van der Waals surface area contributed by atoms with Crippen molar-refractivity contribution < 1.29 is 4.52 Å². The second-order valence-corrected chi connectivity index (χ2v) is 5.50. The Morgan fingerprint density at radius 3 is 2.92 bits per heavy atom. The highest BCUT2D eigenvalue weighted by atomic mass is 35.5. The summed E-state index contributed by atoms with van der Waals surface area (Å²) in [7, 11) is 1.90. The van der Waals surface area contributed by atoms with Gasteiger partial charge in [0.15, 0.2) is 5.82 Å². The zero-order chi connectivity index (χ0) is 16.2. The maximum atomic E-state index is 11.8. The molecule has 3 aromatic rings. The molecule has 128 valence electrons. The Labute approximate surface area is 145 Å². The normalized spacial score (nSPS) is 12.1. The first-order valence-electron chi connectivity index (χ1n) is 7.61. The van der Waals surface area contributed by atoms with Gasteiger partial charge in [0.1, 0.15) is 0 Å². The first-order chi connectivity index (χ1) is 11.2. The average Bonchev–Trinajstić information content (AvgIpc) is 3.02. The van der Waals surface area contributed by atoms with Crippen molar-refractivity contribution in [3.63, 3.8) is 0 Å². The summed E-state index contributed by atoms with van der Waals surface area (Å²) in [6, 6.07) is 7.73. The molecule has 1 N–H and O–H groups in total. The second kappa shape index (κ2) is 8.03. The lowest BCUT2D eigenvalue weighted by Gasteiger charge is -2.07. The summed E-state index contributed by atoms with van der Waals surface area (Å²) >= 11 is 0. The number of hydrogen-bond donors (Lipinski definition) is 1. The minimum Gasteiger partial charge on any atom is -0.339 e. The van der Waals surface area contributed by atoms with Gasteiger partial charge >= 0.3 is 0 Å². The molecule has 0 aliphatic carbocycles. The van der Waals surface area contributed by atoms with Crippen LogP contribution in [0.3, 0.4) is 0 Å². The minimum absolute atomic E-state index is 0. The molecule has 3 rings (SSSR count). The Balaban J connectivity index is 0.00000208. The van der Waals surface area contributed by atoms with Crippen LogP contribution in [0, 0.1) is 0 Å². The van der Waals surface area contributed by atoms with E-state index >= 15 is 0 Å². The number of nitrogens with zero attached hydrogens (tertiary/aromatic N) is 4. The maximum Gasteiger partial charge on any atom is 0.228 e. The fourth-order valence-corrected chi connectivity index (χ4v) is 2.39. The number of aryl methyl sites for hydroxylation is 2.